The standard InChI is InChI=1S/C18H24F2N2O4S/c1-27(24,25)22-7-5-18(6-8-22)12-13(4-9-26-18)10-17(23)21-16-3-2-14(19)11-15(16)20/h2-3,11,13H,4-10,12H2,1H3,(H,21,23). The number of anilines is 1. The van der Waals surface area contributed by atoms with Crippen LogP contribution in [0.3, 0.4) is 0 Å². The predicted molar refractivity (Wildman–Crippen MR) is 96.7 cm³/mol. The second kappa shape index (κ2) is 7.81. The maximum atomic E-state index is 13.7. The monoisotopic (exact) mass is 402 g/mol. The Labute approximate surface area is 157 Å². The van der Waals surface area contributed by atoms with Crippen molar-refractivity contribution in [3.63, 3.8) is 0 Å². The fraction of sp³-hybridized carbons (Fsp3) is 0.611. The van der Waals surface area contributed by atoms with Gasteiger partial charge >= 0.3 is 0 Å². The van der Waals surface area contributed by atoms with E-state index in [-0.39, 0.29) is 23.9 Å². The largest absolute Gasteiger partial charge is 0.375 e. The highest BCUT2D eigenvalue weighted by atomic mass is 32.2. The predicted octanol–water partition coefficient (Wildman–Crippen LogP) is 2.51. The van der Waals surface area contributed by atoms with E-state index in [4.69, 9.17) is 4.74 Å². The summed E-state index contributed by atoms with van der Waals surface area (Å²) in [5.41, 5.74) is -0.435. The fourth-order valence-electron chi connectivity index (χ4n) is 3.93. The smallest absolute Gasteiger partial charge is 0.224 e. The Kier molecular flexibility index (Phi) is 5.83. The van der Waals surface area contributed by atoms with Gasteiger partial charge in [0, 0.05) is 32.2 Å². The molecule has 0 saturated carbocycles. The van der Waals surface area contributed by atoms with E-state index in [1.807, 2.05) is 0 Å². The Bertz CT molecular complexity index is 808. The van der Waals surface area contributed by atoms with E-state index in [2.05, 4.69) is 5.32 Å². The number of nitrogens with one attached hydrogen (secondary N) is 1. The molecule has 1 aromatic rings. The molecule has 2 saturated heterocycles. The summed E-state index contributed by atoms with van der Waals surface area (Å²) in [5.74, 6) is -1.75. The molecule has 6 nitrogen and oxygen atoms in total. The molecule has 2 heterocycles. The number of rotatable bonds is 4. The van der Waals surface area contributed by atoms with Gasteiger partial charge in [-0.05, 0) is 43.7 Å². The minimum absolute atomic E-state index is 0.0374. The zero-order valence-corrected chi connectivity index (χ0v) is 16.0. The number of amides is 1. The van der Waals surface area contributed by atoms with Gasteiger partial charge in [0.15, 0.2) is 0 Å². The topological polar surface area (TPSA) is 75.7 Å². The third kappa shape index (κ3) is 5.03. The molecule has 0 bridgehead atoms. The van der Waals surface area contributed by atoms with Gasteiger partial charge in [-0.25, -0.2) is 21.5 Å². The molecule has 1 amide bonds. The Morgan fingerprint density at radius 3 is 2.67 bits per heavy atom. The summed E-state index contributed by atoms with van der Waals surface area (Å²) in [7, 11) is -3.20. The summed E-state index contributed by atoms with van der Waals surface area (Å²) in [6.45, 7) is 1.35. The van der Waals surface area contributed by atoms with Crippen molar-refractivity contribution < 1.29 is 26.7 Å². The van der Waals surface area contributed by atoms with Gasteiger partial charge in [0.05, 0.1) is 17.5 Å². The molecule has 9 heteroatoms. The lowest BCUT2D eigenvalue weighted by molar-refractivity contribution is -0.130. The maximum absolute atomic E-state index is 13.7. The summed E-state index contributed by atoms with van der Waals surface area (Å²) in [5, 5.41) is 2.49. The molecule has 1 atom stereocenters. The van der Waals surface area contributed by atoms with Crippen molar-refractivity contribution in [2.75, 3.05) is 31.3 Å². The van der Waals surface area contributed by atoms with Crippen LogP contribution in [0.2, 0.25) is 0 Å². The molecular formula is C18H24F2N2O4S. The Hall–Kier alpha value is -1.58. The van der Waals surface area contributed by atoms with E-state index < -0.39 is 27.3 Å². The molecular weight excluding hydrogens is 378 g/mol. The second-order valence-electron chi connectivity index (χ2n) is 7.43. The first-order valence-electron chi connectivity index (χ1n) is 9.01. The van der Waals surface area contributed by atoms with Crippen LogP contribution < -0.4 is 5.32 Å². The SMILES string of the molecule is CS(=O)(=O)N1CCC2(CC1)CC(CC(=O)Nc1ccc(F)cc1F)CCO2. The van der Waals surface area contributed by atoms with Crippen molar-refractivity contribution in [2.45, 2.75) is 37.7 Å². The van der Waals surface area contributed by atoms with E-state index in [9.17, 15) is 22.0 Å². The Balaban J connectivity index is 1.56. The average Bonchev–Trinajstić information content (AvgIpc) is 2.57. The number of benzene rings is 1. The van der Waals surface area contributed by atoms with E-state index in [0.717, 1.165) is 18.6 Å². The van der Waals surface area contributed by atoms with Crippen molar-refractivity contribution in [1.29, 1.82) is 0 Å². The maximum Gasteiger partial charge on any atom is 0.224 e. The van der Waals surface area contributed by atoms with Crippen molar-refractivity contribution in [2.24, 2.45) is 5.92 Å². The third-order valence-corrected chi connectivity index (χ3v) is 6.68. The number of piperidine rings is 1. The molecule has 0 aromatic heterocycles. The molecule has 150 valence electrons. The number of ether oxygens (including phenoxy) is 1. The number of sulfonamides is 1. The fourth-order valence-corrected chi connectivity index (χ4v) is 4.78. The van der Waals surface area contributed by atoms with Gasteiger partial charge in [0.25, 0.3) is 0 Å². The van der Waals surface area contributed by atoms with Crippen LogP contribution in [-0.4, -0.2) is 50.2 Å². The van der Waals surface area contributed by atoms with Crippen molar-refractivity contribution in [3.05, 3.63) is 29.8 Å². The minimum atomic E-state index is -3.20. The first kappa shape index (κ1) is 20.2. The number of carbonyl (C=O) groups is 1. The van der Waals surface area contributed by atoms with Crippen LogP contribution >= 0.6 is 0 Å². The Morgan fingerprint density at radius 2 is 2.04 bits per heavy atom. The summed E-state index contributed by atoms with van der Waals surface area (Å²) in [6, 6.07) is 3.03. The molecule has 1 spiro atoms. The number of halogens is 2. The van der Waals surface area contributed by atoms with Gasteiger partial charge in [-0.1, -0.05) is 0 Å². The first-order valence-corrected chi connectivity index (χ1v) is 10.9. The lowest BCUT2D eigenvalue weighted by Crippen LogP contribution is -2.50. The summed E-state index contributed by atoms with van der Waals surface area (Å²) < 4.78 is 57.4. The lowest BCUT2D eigenvalue weighted by Gasteiger charge is -2.45. The molecule has 2 aliphatic rings. The van der Waals surface area contributed by atoms with Gasteiger partial charge in [-0.3, -0.25) is 4.79 Å². The van der Waals surface area contributed by atoms with E-state index in [0.29, 0.717) is 39.0 Å². The summed E-state index contributed by atoms with van der Waals surface area (Å²) >= 11 is 0. The summed E-state index contributed by atoms with van der Waals surface area (Å²) in [6.07, 6.45) is 4.02. The third-order valence-electron chi connectivity index (χ3n) is 5.38. The quantitative estimate of drug-likeness (QED) is 0.840. The highest BCUT2D eigenvalue weighted by Gasteiger charge is 2.42. The first-order chi connectivity index (χ1) is 12.7. The summed E-state index contributed by atoms with van der Waals surface area (Å²) in [4.78, 5) is 12.3. The van der Waals surface area contributed by atoms with Crippen molar-refractivity contribution in [1.82, 2.24) is 4.31 Å². The van der Waals surface area contributed by atoms with Gasteiger partial charge in [-0.2, -0.15) is 0 Å². The highest BCUT2D eigenvalue weighted by molar-refractivity contribution is 7.88. The molecule has 0 aliphatic carbocycles. The van der Waals surface area contributed by atoms with Gasteiger partial charge < -0.3 is 10.1 Å². The van der Waals surface area contributed by atoms with Crippen LogP contribution in [0, 0.1) is 17.6 Å². The minimum Gasteiger partial charge on any atom is -0.375 e. The van der Waals surface area contributed by atoms with E-state index in [1.54, 1.807) is 0 Å². The molecule has 27 heavy (non-hydrogen) atoms. The molecule has 1 aromatic carbocycles. The van der Waals surface area contributed by atoms with Crippen LogP contribution in [0.25, 0.3) is 0 Å². The van der Waals surface area contributed by atoms with Gasteiger partial charge in [0.2, 0.25) is 15.9 Å². The van der Waals surface area contributed by atoms with Crippen LogP contribution in [0.1, 0.15) is 32.1 Å². The number of hydrogen-bond donors (Lipinski definition) is 1. The number of carbonyl (C=O) groups excluding carboxylic acids is 1. The normalized spacial score (nSPS) is 23.3. The van der Waals surface area contributed by atoms with Crippen LogP contribution in [0.15, 0.2) is 18.2 Å². The van der Waals surface area contributed by atoms with Gasteiger partial charge in [-0.15, -0.1) is 0 Å². The number of hydrogen-bond acceptors (Lipinski definition) is 4. The van der Waals surface area contributed by atoms with Crippen LogP contribution in [0.4, 0.5) is 14.5 Å². The van der Waals surface area contributed by atoms with Crippen molar-refractivity contribution in [3.8, 4) is 0 Å². The molecule has 0 radical (unpaired) electrons. The number of nitrogens with zero attached hydrogens (tertiary/aromatic N) is 1. The zero-order chi connectivity index (χ0) is 19.7. The average molecular weight is 402 g/mol. The van der Waals surface area contributed by atoms with Crippen LogP contribution in [0.5, 0.6) is 0 Å². The molecule has 2 fully saturated rings. The lowest BCUT2D eigenvalue weighted by atomic mass is 9.78. The van der Waals surface area contributed by atoms with E-state index in [1.165, 1.54) is 16.6 Å². The second-order valence-corrected chi connectivity index (χ2v) is 9.41. The van der Waals surface area contributed by atoms with E-state index >= 15 is 0 Å². The van der Waals surface area contributed by atoms with Gasteiger partial charge in [0.1, 0.15) is 11.6 Å². The molecule has 3 rings (SSSR count). The zero-order valence-electron chi connectivity index (χ0n) is 15.2. The highest BCUT2D eigenvalue weighted by Crippen LogP contribution is 2.39. The Morgan fingerprint density at radius 1 is 1.33 bits per heavy atom. The molecule has 2 aliphatic heterocycles. The molecule has 1 N–H and O–H groups in total. The molecule has 1 unspecified atom stereocenters. The van der Waals surface area contributed by atoms with Crippen molar-refractivity contribution >= 4 is 21.6 Å². The van der Waals surface area contributed by atoms with Crippen LogP contribution in [-0.2, 0) is 19.6 Å².